The molecule has 0 aromatic heterocycles. The first-order valence-corrected chi connectivity index (χ1v) is 9.16. The van der Waals surface area contributed by atoms with Gasteiger partial charge in [0.25, 0.3) is 0 Å². The largest absolute Gasteiger partial charge is 0.465 e. The molecular formula is C16H31NO2S. The van der Waals surface area contributed by atoms with Crippen LogP contribution >= 0.6 is 11.8 Å². The van der Waals surface area contributed by atoms with Crippen LogP contribution < -0.4 is 5.32 Å². The highest BCUT2D eigenvalue weighted by Gasteiger charge is 2.46. The molecule has 118 valence electrons. The van der Waals surface area contributed by atoms with E-state index in [0.29, 0.717) is 11.9 Å². The highest BCUT2D eigenvalue weighted by atomic mass is 32.2. The minimum absolute atomic E-state index is 0.0416. The lowest BCUT2D eigenvalue weighted by Crippen LogP contribution is -2.51. The summed E-state index contributed by atoms with van der Waals surface area (Å²) >= 11 is 2.04. The summed E-state index contributed by atoms with van der Waals surface area (Å²) in [6, 6.07) is 0. The summed E-state index contributed by atoms with van der Waals surface area (Å²) in [6.07, 6.45) is 5.25. The Kier molecular flexibility index (Phi) is 7.96. The highest BCUT2D eigenvalue weighted by molar-refractivity contribution is 7.99. The predicted molar refractivity (Wildman–Crippen MR) is 87.2 cm³/mol. The van der Waals surface area contributed by atoms with Gasteiger partial charge in [-0.3, -0.25) is 4.79 Å². The van der Waals surface area contributed by atoms with Crippen LogP contribution in [0.5, 0.6) is 0 Å². The van der Waals surface area contributed by atoms with Gasteiger partial charge in [-0.05, 0) is 50.8 Å². The molecule has 1 N–H and O–H groups in total. The molecule has 0 aromatic rings. The van der Waals surface area contributed by atoms with Crippen LogP contribution in [0, 0.1) is 5.92 Å². The van der Waals surface area contributed by atoms with Gasteiger partial charge in [-0.2, -0.15) is 11.8 Å². The molecule has 1 fully saturated rings. The Morgan fingerprint density at radius 2 is 2.20 bits per heavy atom. The first-order valence-electron chi connectivity index (χ1n) is 8.11. The lowest BCUT2D eigenvalue weighted by Gasteiger charge is -2.28. The minimum atomic E-state index is -0.418. The standard InChI is InChI=1S/C16H31NO2S/c1-5-10-17-16(15(18)19-7-3)9-8-14(11-16)20-12-13(4)6-2/h13-14,17H,5-12H2,1-4H3. The first-order chi connectivity index (χ1) is 9.57. The first kappa shape index (κ1) is 17.8. The molecule has 0 saturated heterocycles. The minimum Gasteiger partial charge on any atom is -0.465 e. The van der Waals surface area contributed by atoms with Gasteiger partial charge in [0.15, 0.2) is 0 Å². The van der Waals surface area contributed by atoms with Crippen molar-refractivity contribution in [2.24, 2.45) is 5.92 Å². The van der Waals surface area contributed by atoms with Crippen LogP contribution in [0.15, 0.2) is 0 Å². The molecule has 4 heteroatoms. The third kappa shape index (κ3) is 4.96. The van der Waals surface area contributed by atoms with Crippen molar-refractivity contribution >= 4 is 17.7 Å². The van der Waals surface area contributed by atoms with Crippen molar-refractivity contribution < 1.29 is 9.53 Å². The van der Waals surface area contributed by atoms with Gasteiger partial charge in [-0.1, -0.05) is 27.2 Å². The molecule has 0 amide bonds. The second kappa shape index (κ2) is 8.93. The average molecular weight is 301 g/mol. The second-order valence-electron chi connectivity index (χ2n) is 5.94. The molecule has 3 nitrogen and oxygen atoms in total. The van der Waals surface area contributed by atoms with Crippen molar-refractivity contribution in [1.29, 1.82) is 0 Å². The lowest BCUT2D eigenvalue weighted by atomic mass is 9.97. The SMILES string of the molecule is CCCNC1(C(=O)OCC)CCC(SCC(C)CC)C1. The maximum Gasteiger partial charge on any atom is 0.326 e. The second-order valence-corrected chi connectivity index (χ2v) is 7.27. The topological polar surface area (TPSA) is 38.3 Å². The van der Waals surface area contributed by atoms with E-state index in [0.717, 1.165) is 38.1 Å². The fourth-order valence-corrected chi connectivity index (χ4v) is 4.14. The molecule has 0 spiro atoms. The number of carbonyl (C=O) groups excluding carboxylic acids is 1. The van der Waals surface area contributed by atoms with E-state index in [-0.39, 0.29) is 5.97 Å². The van der Waals surface area contributed by atoms with Crippen molar-refractivity contribution in [2.45, 2.75) is 70.6 Å². The molecule has 1 saturated carbocycles. The van der Waals surface area contributed by atoms with E-state index in [1.807, 2.05) is 18.7 Å². The summed E-state index contributed by atoms with van der Waals surface area (Å²) in [7, 11) is 0. The van der Waals surface area contributed by atoms with Crippen LogP contribution in [0.4, 0.5) is 0 Å². The fraction of sp³-hybridized carbons (Fsp3) is 0.938. The number of ether oxygens (including phenoxy) is 1. The van der Waals surface area contributed by atoms with Gasteiger partial charge in [0.1, 0.15) is 5.54 Å². The van der Waals surface area contributed by atoms with E-state index < -0.39 is 5.54 Å². The summed E-state index contributed by atoms with van der Waals surface area (Å²) in [6.45, 7) is 9.92. The van der Waals surface area contributed by atoms with E-state index >= 15 is 0 Å². The summed E-state index contributed by atoms with van der Waals surface area (Å²) in [5.41, 5.74) is -0.418. The molecule has 1 aliphatic carbocycles. The molecule has 3 atom stereocenters. The van der Waals surface area contributed by atoms with Gasteiger partial charge in [0.05, 0.1) is 6.61 Å². The average Bonchev–Trinajstić information content (AvgIpc) is 2.87. The molecule has 1 aliphatic rings. The molecule has 0 aliphatic heterocycles. The maximum atomic E-state index is 12.3. The number of hydrogen-bond donors (Lipinski definition) is 1. The quantitative estimate of drug-likeness (QED) is 0.660. The molecule has 0 aromatic carbocycles. The molecular weight excluding hydrogens is 270 g/mol. The van der Waals surface area contributed by atoms with E-state index in [4.69, 9.17) is 4.74 Å². The molecule has 0 bridgehead atoms. The van der Waals surface area contributed by atoms with Crippen LogP contribution in [0.1, 0.15) is 59.8 Å². The number of hydrogen-bond acceptors (Lipinski definition) is 4. The van der Waals surface area contributed by atoms with Gasteiger partial charge in [-0.25, -0.2) is 0 Å². The monoisotopic (exact) mass is 301 g/mol. The molecule has 0 heterocycles. The van der Waals surface area contributed by atoms with Crippen LogP contribution in [0.25, 0.3) is 0 Å². The van der Waals surface area contributed by atoms with Crippen molar-refractivity contribution in [2.75, 3.05) is 18.9 Å². The van der Waals surface area contributed by atoms with Gasteiger partial charge in [0, 0.05) is 5.25 Å². The van der Waals surface area contributed by atoms with Crippen LogP contribution in [-0.4, -0.2) is 35.7 Å². The van der Waals surface area contributed by atoms with Crippen LogP contribution in [0.2, 0.25) is 0 Å². The Balaban J connectivity index is 2.56. The Morgan fingerprint density at radius 3 is 2.80 bits per heavy atom. The Hall–Kier alpha value is -0.220. The zero-order valence-electron chi connectivity index (χ0n) is 13.5. The summed E-state index contributed by atoms with van der Waals surface area (Å²) in [4.78, 5) is 12.3. The van der Waals surface area contributed by atoms with Crippen molar-refractivity contribution in [3.05, 3.63) is 0 Å². The third-order valence-electron chi connectivity index (χ3n) is 4.16. The molecule has 3 unspecified atom stereocenters. The van der Waals surface area contributed by atoms with Gasteiger partial charge < -0.3 is 10.1 Å². The molecule has 0 radical (unpaired) electrons. The normalized spacial score (nSPS) is 27.5. The third-order valence-corrected chi connectivity index (χ3v) is 5.80. The summed E-state index contributed by atoms with van der Waals surface area (Å²) < 4.78 is 5.31. The highest BCUT2D eigenvalue weighted by Crippen LogP contribution is 2.38. The summed E-state index contributed by atoms with van der Waals surface area (Å²) in [5, 5.41) is 4.07. The summed E-state index contributed by atoms with van der Waals surface area (Å²) in [5.74, 6) is 1.93. The van der Waals surface area contributed by atoms with Crippen LogP contribution in [-0.2, 0) is 9.53 Å². The molecule has 20 heavy (non-hydrogen) atoms. The Labute approximate surface area is 128 Å². The number of carbonyl (C=O) groups is 1. The zero-order chi connectivity index (χ0) is 15.0. The Bertz CT molecular complexity index is 298. The van der Waals surface area contributed by atoms with Crippen molar-refractivity contribution in [3.8, 4) is 0 Å². The van der Waals surface area contributed by atoms with Gasteiger partial charge >= 0.3 is 5.97 Å². The van der Waals surface area contributed by atoms with Gasteiger partial charge in [-0.15, -0.1) is 0 Å². The van der Waals surface area contributed by atoms with E-state index in [9.17, 15) is 4.79 Å². The number of nitrogens with one attached hydrogen (secondary N) is 1. The van der Waals surface area contributed by atoms with Crippen LogP contribution in [0.3, 0.4) is 0 Å². The van der Waals surface area contributed by atoms with E-state index in [1.165, 1.54) is 12.2 Å². The predicted octanol–water partition coefficient (Wildman–Crippen LogP) is 3.62. The Morgan fingerprint density at radius 1 is 1.45 bits per heavy atom. The lowest BCUT2D eigenvalue weighted by molar-refractivity contribution is -0.151. The fourth-order valence-electron chi connectivity index (χ4n) is 2.61. The van der Waals surface area contributed by atoms with Gasteiger partial charge in [0.2, 0.25) is 0 Å². The smallest absolute Gasteiger partial charge is 0.326 e. The number of rotatable bonds is 9. The van der Waals surface area contributed by atoms with Crippen molar-refractivity contribution in [1.82, 2.24) is 5.32 Å². The van der Waals surface area contributed by atoms with E-state index in [2.05, 4.69) is 26.1 Å². The van der Waals surface area contributed by atoms with Crippen molar-refractivity contribution in [3.63, 3.8) is 0 Å². The van der Waals surface area contributed by atoms with E-state index in [1.54, 1.807) is 0 Å². The maximum absolute atomic E-state index is 12.3. The zero-order valence-corrected chi connectivity index (χ0v) is 14.4. The molecule has 1 rings (SSSR count). The number of thioether (sulfide) groups is 1. The number of esters is 1.